The number of rotatable bonds is 4. The van der Waals surface area contributed by atoms with Crippen LogP contribution in [0.4, 0.5) is 4.39 Å². The van der Waals surface area contributed by atoms with Crippen LogP contribution < -0.4 is 5.73 Å². The maximum absolute atomic E-state index is 15.1. The molecule has 156 valence electrons. The minimum atomic E-state index is -0.374. The van der Waals surface area contributed by atoms with Gasteiger partial charge in [-0.3, -0.25) is 9.55 Å². The van der Waals surface area contributed by atoms with Crippen molar-refractivity contribution in [3.05, 3.63) is 90.6 Å². The van der Waals surface area contributed by atoms with Gasteiger partial charge in [0, 0.05) is 22.5 Å². The number of hydrogen-bond donors (Lipinski definition) is 1. The Balaban J connectivity index is 1.57. The lowest BCUT2D eigenvalue weighted by Crippen LogP contribution is -2.02. The second-order valence-electron chi connectivity index (χ2n) is 7.81. The van der Waals surface area contributed by atoms with E-state index in [0.717, 1.165) is 39.5 Å². The van der Waals surface area contributed by atoms with E-state index in [-0.39, 0.29) is 5.82 Å². The summed E-state index contributed by atoms with van der Waals surface area (Å²) in [6, 6.07) is 21.0. The Hall–Kier alpha value is -4.03. The second-order valence-corrected chi connectivity index (χ2v) is 7.81. The van der Waals surface area contributed by atoms with Crippen LogP contribution in [0, 0.1) is 5.82 Å². The number of pyridine rings is 1. The highest BCUT2D eigenvalue weighted by molar-refractivity contribution is 6.04. The third-order valence-corrected chi connectivity index (χ3v) is 5.80. The highest BCUT2D eigenvalue weighted by Gasteiger charge is 2.16. The average Bonchev–Trinajstić information content (AvgIpc) is 3.44. The maximum atomic E-state index is 15.1. The number of nitrogens with two attached hydrogens (primary N) is 1. The molecule has 2 N–H and O–H groups in total. The highest BCUT2D eigenvalue weighted by Crippen LogP contribution is 2.34. The first-order chi connectivity index (χ1) is 15.7. The molecule has 6 rings (SSSR count). The Morgan fingerprint density at radius 2 is 1.78 bits per heavy atom. The molecule has 0 aliphatic carbocycles. The van der Waals surface area contributed by atoms with E-state index in [2.05, 4.69) is 22.1 Å². The Morgan fingerprint density at radius 1 is 0.938 bits per heavy atom. The molecule has 3 aromatic carbocycles. The van der Waals surface area contributed by atoms with Crippen molar-refractivity contribution < 1.29 is 8.81 Å². The minimum absolute atomic E-state index is 0.374. The fourth-order valence-corrected chi connectivity index (χ4v) is 4.20. The standard InChI is InChI=1S/C26H19FN4O/c27-21-13-22-20(12-19(21)25-11-17-3-1-2-4-24(17)32-25)26-23(14-29-22)30-15-31(26)18-7-5-16(6-8-18)9-10-28/h1-8,11-15H,9-10,28H2. The number of para-hydroxylation sites is 1. The second kappa shape index (κ2) is 7.28. The van der Waals surface area contributed by atoms with E-state index in [0.29, 0.717) is 23.4 Å². The van der Waals surface area contributed by atoms with Crippen LogP contribution in [0.25, 0.3) is 49.9 Å². The fraction of sp³-hybridized carbons (Fsp3) is 0.0769. The Labute approximate surface area is 182 Å². The van der Waals surface area contributed by atoms with E-state index in [1.165, 1.54) is 11.6 Å². The summed E-state index contributed by atoms with van der Waals surface area (Å²) in [4.78, 5) is 8.96. The van der Waals surface area contributed by atoms with Gasteiger partial charge >= 0.3 is 0 Å². The molecule has 0 unspecified atom stereocenters. The average molecular weight is 422 g/mol. The predicted octanol–water partition coefficient (Wildman–Crippen LogP) is 5.63. The Kier molecular flexibility index (Phi) is 4.26. The van der Waals surface area contributed by atoms with Crippen molar-refractivity contribution in [1.29, 1.82) is 0 Å². The van der Waals surface area contributed by atoms with Crippen LogP contribution in [-0.4, -0.2) is 21.1 Å². The van der Waals surface area contributed by atoms with Crippen molar-refractivity contribution >= 4 is 32.9 Å². The summed E-state index contributed by atoms with van der Waals surface area (Å²) >= 11 is 0. The smallest absolute Gasteiger partial charge is 0.138 e. The van der Waals surface area contributed by atoms with Crippen molar-refractivity contribution in [3.63, 3.8) is 0 Å². The van der Waals surface area contributed by atoms with Gasteiger partial charge in [0.05, 0.1) is 22.8 Å². The zero-order valence-electron chi connectivity index (χ0n) is 17.1. The lowest BCUT2D eigenvalue weighted by atomic mass is 10.1. The van der Waals surface area contributed by atoms with Gasteiger partial charge in [-0.05, 0) is 48.9 Å². The molecular weight excluding hydrogens is 403 g/mol. The molecule has 3 heterocycles. The first-order valence-electron chi connectivity index (χ1n) is 10.4. The molecule has 32 heavy (non-hydrogen) atoms. The number of fused-ring (bicyclic) bond motifs is 4. The highest BCUT2D eigenvalue weighted by atomic mass is 19.1. The number of halogens is 1. The summed E-state index contributed by atoms with van der Waals surface area (Å²) < 4.78 is 23.0. The van der Waals surface area contributed by atoms with Crippen molar-refractivity contribution in [2.24, 2.45) is 5.73 Å². The van der Waals surface area contributed by atoms with E-state index in [4.69, 9.17) is 10.2 Å². The van der Waals surface area contributed by atoms with Crippen molar-refractivity contribution in [3.8, 4) is 17.0 Å². The molecule has 0 saturated carbocycles. The number of hydrogen-bond acceptors (Lipinski definition) is 4. The normalized spacial score (nSPS) is 11.7. The van der Waals surface area contributed by atoms with Crippen LogP contribution in [-0.2, 0) is 6.42 Å². The number of furan rings is 1. The van der Waals surface area contributed by atoms with Gasteiger partial charge < -0.3 is 10.2 Å². The zero-order valence-corrected chi connectivity index (χ0v) is 17.1. The van der Waals surface area contributed by atoms with Crippen LogP contribution in [0.2, 0.25) is 0 Å². The van der Waals surface area contributed by atoms with Crippen LogP contribution >= 0.6 is 0 Å². The van der Waals surface area contributed by atoms with Crippen LogP contribution in [0.5, 0.6) is 0 Å². The van der Waals surface area contributed by atoms with Gasteiger partial charge in [-0.1, -0.05) is 30.3 Å². The van der Waals surface area contributed by atoms with Crippen LogP contribution in [0.3, 0.4) is 0 Å². The molecule has 6 heteroatoms. The van der Waals surface area contributed by atoms with Gasteiger partial charge in [0.25, 0.3) is 0 Å². The Bertz CT molecular complexity index is 1560. The SMILES string of the molecule is NCCc1ccc(-n2cnc3cnc4cc(F)c(-c5cc6ccccc6o5)cc4c32)cc1. The molecule has 0 amide bonds. The first kappa shape index (κ1) is 18.7. The molecule has 0 spiro atoms. The van der Waals surface area contributed by atoms with Crippen LogP contribution in [0.1, 0.15) is 5.56 Å². The molecule has 0 saturated heterocycles. The Morgan fingerprint density at radius 3 is 2.59 bits per heavy atom. The molecular formula is C26H19FN4O. The summed E-state index contributed by atoms with van der Waals surface area (Å²) in [6.45, 7) is 0.611. The zero-order chi connectivity index (χ0) is 21.7. The van der Waals surface area contributed by atoms with E-state index >= 15 is 4.39 Å². The van der Waals surface area contributed by atoms with E-state index in [1.54, 1.807) is 18.6 Å². The van der Waals surface area contributed by atoms with Gasteiger partial charge in [0.15, 0.2) is 0 Å². The minimum Gasteiger partial charge on any atom is -0.456 e. The van der Waals surface area contributed by atoms with Gasteiger partial charge in [-0.2, -0.15) is 0 Å². The molecule has 3 aromatic heterocycles. The summed E-state index contributed by atoms with van der Waals surface area (Å²) in [5.41, 5.74) is 11.1. The fourth-order valence-electron chi connectivity index (χ4n) is 4.20. The molecule has 0 radical (unpaired) electrons. The molecule has 0 aliphatic heterocycles. The monoisotopic (exact) mass is 422 g/mol. The van der Waals surface area contributed by atoms with Gasteiger partial charge in [0.2, 0.25) is 0 Å². The third kappa shape index (κ3) is 2.96. The largest absolute Gasteiger partial charge is 0.456 e. The maximum Gasteiger partial charge on any atom is 0.138 e. The van der Waals surface area contributed by atoms with Crippen molar-refractivity contribution in [2.45, 2.75) is 6.42 Å². The predicted molar refractivity (Wildman–Crippen MR) is 124 cm³/mol. The quantitative estimate of drug-likeness (QED) is 0.400. The summed E-state index contributed by atoms with van der Waals surface area (Å²) in [5.74, 6) is 0.111. The lowest BCUT2D eigenvalue weighted by molar-refractivity contribution is 0.602. The van der Waals surface area contributed by atoms with Gasteiger partial charge in [-0.25, -0.2) is 9.37 Å². The molecule has 0 fully saturated rings. The summed E-state index contributed by atoms with van der Waals surface area (Å²) in [7, 11) is 0. The molecule has 5 nitrogen and oxygen atoms in total. The number of aromatic nitrogens is 3. The number of benzene rings is 3. The lowest BCUT2D eigenvalue weighted by Gasteiger charge is -2.09. The van der Waals surface area contributed by atoms with Crippen LogP contribution in [0.15, 0.2) is 83.7 Å². The molecule has 0 bridgehead atoms. The number of imidazole rings is 1. The first-order valence-corrected chi connectivity index (χ1v) is 10.4. The van der Waals surface area contributed by atoms with Crippen molar-refractivity contribution in [2.75, 3.05) is 6.54 Å². The topological polar surface area (TPSA) is 69.9 Å². The van der Waals surface area contributed by atoms with E-state index in [9.17, 15) is 0 Å². The van der Waals surface area contributed by atoms with Crippen molar-refractivity contribution in [1.82, 2.24) is 14.5 Å². The third-order valence-electron chi connectivity index (χ3n) is 5.80. The van der Waals surface area contributed by atoms with E-state index < -0.39 is 0 Å². The van der Waals surface area contributed by atoms with Gasteiger partial charge in [0.1, 0.15) is 29.0 Å². The van der Waals surface area contributed by atoms with E-state index in [1.807, 2.05) is 47.0 Å². The molecule has 0 atom stereocenters. The molecule has 0 aliphatic rings. The molecule has 6 aromatic rings. The summed E-state index contributed by atoms with van der Waals surface area (Å²) in [5, 5.41) is 1.74. The van der Waals surface area contributed by atoms with Gasteiger partial charge in [-0.15, -0.1) is 0 Å². The number of nitrogens with zero attached hydrogens (tertiary/aromatic N) is 3. The summed E-state index contributed by atoms with van der Waals surface area (Å²) in [6.07, 6.45) is 4.28.